The van der Waals surface area contributed by atoms with Crippen molar-refractivity contribution >= 4 is 11.9 Å². The molecule has 0 spiro atoms. The Morgan fingerprint density at radius 1 is 1.27 bits per heavy atom. The second-order valence-corrected chi connectivity index (χ2v) is 2.48. The van der Waals surface area contributed by atoms with Crippen molar-refractivity contribution in [3.8, 4) is 0 Å². The molecule has 0 aliphatic carbocycles. The third kappa shape index (κ3) is 2.57. The normalized spacial score (nSPS) is 15.5. The maximum absolute atomic E-state index is 10.4. The highest BCUT2D eigenvalue weighted by molar-refractivity contribution is 5.79. The fourth-order valence-electron chi connectivity index (χ4n) is 0.914. The van der Waals surface area contributed by atoms with Gasteiger partial charge in [0.05, 0.1) is 11.8 Å². The summed E-state index contributed by atoms with van der Waals surface area (Å²) in [5.41, 5.74) is 0. The molecule has 11 heavy (non-hydrogen) atoms. The van der Waals surface area contributed by atoms with Gasteiger partial charge in [0.1, 0.15) is 0 Å². The van der Waals surface area contributed by atoms with E-state index < -0.39 is 23.8 Å². The van der Waals surface area contributed by atoms with Gasteiger partial charge in [0, 0.05) is 0 Å². The van der Waals surface area contributed by atoms with Crippen LogP contribution in [0.3, 0.4) is 0 Å². The molecule has 0 bridgehead atoms. The van der Waals surface area contributed by atoms with Gasteiger partial charge in [-0.1, -0.05) is 13.8 Å². The molecule has 0 rings (SSSR count). The predicted octanol–water partition coefficient (Wildman–Crippen LogP) is 0.818. The van der Waals surface area contributed by atoms with E-state index >= 15 is 0 Å². The Kier molecular flexibility index (Phi) is 3.57. The Labute approximate surface area is 64.8 Å². The molecular weight excluding hydrogens is 148 g/mol. The second kappa shape index (κ2) is 3.95. The summed E-state index contributed by atoms with van der Waals surface area (Å²) in [6.07, 6.45) is 0.350. The Hall–Kier alpha value is -1.06. The van der Waals surface area contributed by atoms with Crippen LogP contribution in [0.1, 0.15) is 20.3 Å². The van der Waals surface area contributed by atoms with E-state index in [2.05, 4.69) is 0 Å². The van der Waals surface area contributed by atoms with E-state index in [-0.39, 0.29) is 0 Å². The first-order valence-electron chi connectivity index (χ1n) is 3.46. The van der Waals surface area contributed by atoms with Crippen LogP contribution in [0, 0.1) is 11.8 Å². The number of aliphatic carboxylic acids is 2. The molecule has 4 heteroatoms. The summed E-state index contributed by atoms with van der Waals surface area (Å²) in [5, 5.41) is 17.0. The first-order valence-corrected chi connectivity index (χ1v) is 3.46. The van der Waals surface area contributed by atoms with E-state index in [9.17, 15) is 9.59 Å². The molecule has 64 valence electrons. The molecule has 0 aromatic carbocycles. The number of carbonyl (C=O) groups is 2. The topological polar surface area (TPSA) is 74.6 Å². The van der Waals surface area contributed by atoms with Gasteiger partial charge in [0.15, 0.2) is 0 Å². The lowest BCUT2D eigenvalue weighted by Gasteiger charge is -2.13. The Balaban J connectivity index is 4.25. The van der Waals surface area contributed by atoms with E-state index in [1.54, 1.807) is 6.92 Å². The van der Waals surface area contributed by atoms with Gasteiger partial charge in [-0.15, -0.1) is 0 Å². The van der Waals surface area contributed by atoms with Gasteiger partial charge in [0.25, 0.3) is 0 Å². The number of carboxylic acid groups (broad SMARTS) is 2. The van der Waals surface area contributed by atoms with Crippen LogP contribution in [0.2, 0.25) is 0 Å². The fourth-order valence-corrected chi connectivity index (χ4v) is 0.914. The van der Waals surface area contributed by atoms with Crippen molar-refractivity contribution in [3.63, 3.8) is 0 Å². The minimum absolute atomic E-state index is 0.350. The van der Waals surface area contributed by atoms with Crippen LogP contribution < -0.4 is 0 Å². The van der Waals surface area contributed by atoms with Crippen LogP contribution >= 0.6 is 0 Å². The van der Waals surface area contributed by atoms with Crippen molar-refractivity contribution in [3.05, 3.63) is 0 Å². The van der Waals surface area contributed by atoms with E-state index in [1.807, 2.05) is 0 Å². The number of carboxylic acids is 2. The van der Waals surface area contributed by atoms with Crippen molar-refractivity contribution in [2.75, 3.05) is 0 Å². The molecule has 0 aromatic rings. The molecule has 2 atom stereocenters. The number of hydrogen-bond donors (Lipinski definition) is 2. The molecule has 0 radical (unpaired) electrons. The van der Waals surface area contributed by atoms with Crippen LogP contribution in [0.5, 0.6) is 0 Å². The van der Waals surface area contributed by atoms with Gasteiger partial charge in [-0.2, -0.15) is 0 Å². The van der Waals surface area contributed by atoms with Crippen molar-refractivity contribution in [2.24, 2.45) is 11.8 Å². The van der Waals surface area contributed by atoms with Crippen LogP contribution in [0.25, 0.3) is 0 Å². The van der Waals surface area contributed by atoms with E-state index in [0.29, 0.717) is 6.42 Å². The molecule has 0 aromatic heterocycles. The van der Waals surface area contributed by atoms with Crippen molar-refractivity contribution in [1.82, 2.24) is 0 Å². The van der Waals surface area contributed by atoms with Gasteiger partial charge >= 0.3 is 11.9 Å². The maximum atomic E-state index is 10.4. The first-order chi connectivity index (χ1) is 5.00. The highest BCUT2D eigenvalue weighted by atomic mass is 16.4. The zero-order valence-corrected chi connectivity index (χ0v) is 6.57. The highest BCUT2D eigenvalue weighted by Crippen LogP contribution is 2.15. The SMILES string of the molecule is CC[C@H](C(=O)O)[C@@H](C)C(=O)O. The van der Waals surface area contributed by atoms with Crippen molar-refractivity contribution in [1.29, 1.82) is 0 Å². The molecule has 0 saturated carbocycles. The lowest BCUT2D eigenvalue weighted by Crippen LogP contribution is -2.26. The molecule has 0 heterocycles. The molecule has 0 amide bonds. The molecule has 2 N–H and O–H groups in total. The lowest BCUT2D eigenvalue weighted by molar-refractivity contribution is -0.153. The van der Waals surface area contributed by atoms with Gasteiger partial charge in [-0.3, -0.25) is 9.59 Å². The highest BCUT2D eigenvalue weighted by Gasteiger charge is 2.27. The summed E-state index contributed by atoms with van der Waals surface area (Å²) in [6, 6.07) is 0. The quantitative estimate of drug-likeness (QED) is 0.638. The molecule has 0 saturated heterocycles. The first kappa shape index (κ1) is 9.94. The van der Waals surface area contributed by atoms with Gasteiger partial charge in [-0.05, 0) is 6.42 Å². The average Bonchev–Trinajstić information content (AvgIpc) is 1.88. The second-order valence-electron chi connectivity index (χ2n) is 2.48. The summed E-state index contributed by atoms with van der Waals surface area (Å²) < 4.78 is 0. The van der Waals surface area contributed by atoms with Crippen LogP contribution in [-0.4, -0.2) is 22.2 Å². The summed E-state index contributed by atoms with van der Waals surface area (Å²) in [6.45, 7) is 3.07. The van der Waals surface area contributed by atoms with E-state index in [4.69, 9.17) is 10.2 Å². The largest absolute Gasteiger partial charge is 0.481 e. The summed E-state index contributed by atoms with van der Waals surface area (Å²) in [7, 11) is 0. The lowest BCUT2D eigenvalue weighted by atomic mass is 9.92. The minimum Gasteiger partial charge on any atom is -0.481 e. The molecule has 4 nitrogen and oxygen atoms in total. The van der Waals surface area contributed by atoms with Crippen molar-refractivity contribution in [2.45, 2.75) is 20.3 Å². The predicted molar refractivity (Wildman–Crippen MR) is 38.2 cm³/mol. The third-order valence-corrected chi connectivity index (χ3v) is 1.75. The molecule has 0 fully saturated rings. The van der Waals surface area contributed by atoms with Crippen molar-refractivity contribution < 1.29 is 19.8 Å². The van der Waals surface area contributed by atoms with Crippen LogP contribution in [-0.2, 0) is 9.59 Å². The molecule has 0 aliphatic heterocycles. The fraction of sp³-hybridized carbons (Fsp3) is 0.714. The monoisotopic (exact) mass is 160 g/mol. The zero-order chi connectivity index (χ0) is 9.02. The Morgan fingerprint density at radius 2 is 1.73 bits per heavy atom. The zero-order valence-electron chi connectivity index (χ0n) is 6.57. The standard InChI is InChI=1S/C7H12O4/c1-3-5(7(10)11)4(2)6(8)9/h4-5H,3H2,1-2H3,(H,8,9)(H,10,11)/t4-,5+/m1/s1. The minimum atomic E-state index is -1.06. The third-order valence-electron chi connectivity index (χ3n) is 1.75. The Morgan fingerprint density at radius 3 is 1.82 bits per heavy atom. The summed E-state index contributed by atoms with van der Waals surface area (Å²) >= 11 is 0. The smallest absolute Gasteiger partial charge is 0.307 e. The Bertz CT molecular complexity index is 164. The van der Waals surface area contributed by atoms with Crippen LogP contribution in [0.15, 0.2) is 0 Å². The maximum Gasteiger partial charge on any atom is 0.307 e. The van der Waals surface area contributed by atoms with Gasteiger partial charge in [0.2, 0.25) is 0 Å². The van der Waals surface area contributed by atoms with E-state index in [1.165, 1.54) is 6.92 Å². The van der Waals surface area contributed by atoms with Gasteiger partial charge in [-0.25, -0.2) is 0 Å². The van der Waals surface area contributed by atoms with Gasteiger partial charge < -0.3 is 10.2 Å². The summed E-state index contributed by atoms with van der Waals surface area (Å²) in [5.74, 6) is -3.67. The average molecular weight is 160 g/mol. The molecule has 0 aliphatic rings. The number of hydrogen-bond acceptors (Lipinski definition) is 2. The van der Waals surface area contributed by atoms with E-state index in [0.717, 1.165) is 0 Å². The molecule has 0 unspecified atom stereocenters. The number of rotatable bonds is 4. The molecular formula is C7H12O4. The van der Waals surface area contributed by atoms with Crippen LogP contribution in [0.4, 0.5) is 0 Å². The summed E-state index contributed by atoms with van der Waals surface area (Å²) in [4.78, 5) is 20.8.